The van der Waals surface area contributed by atoms with Crippen molar-refractivity contribution in [3.8, 4) is 0 Å². The first kappa shape index (κ1) is 17.3. The molecule has 3 aliphatic heterocycles. The van der Waals surface area contributed by atoms with Crippen LogP contribution in [0.5, 0.6) is 0 Å². The molecule has 3 aliphatic rings. The van der Waals surface area contributed by atoms with Crippen LogP contribution in [0.4, 0.5) is 18.9 Å². The summed E-state index contributed by atoms with van der Waals surface area (Å²) in [6, 6.07) is 3.01. The van der Waals surface area contributed by atoms with Gasteiger partial charge in [0.2, 0.25) is 0 Å². The number of aromatic nitrogens is 1. The Kier molecular flexibility index (Phi) is 4.30. The van der Waals surface area contributed by atoms with E-state index in [1.165, 1.54) is 12.3 Å². The van der Waals surface area contributed by atoms with Gasteiger partial charge in [0.05, 0.1) is 11.9 Å². The Bertz CT molecular complexity index is 656. The molecule has 1 atom stereocenters. The van der Waals surface area contributed by atoms with Gasteiger partial charge in [-0.2, -0.15) is 13.2 Å². The number of rotatable bonds is 2. The summed E-state index contributed by atoms with van der Waals surface area (Å²) in [7, 11) is -0.625. The number of hydrogen-bond acceptors (Lipinski definition) is 4. The van der Waals surface area contributed by atoms with Crippen molar-refractivity contribution in [1.82, 2.24) is 9.88 Å². The van der Waals surface area contributed by atoms with Gasteiger partial charge in [0, 0.05) is 53.4 Å². The summed E-state index contributed by atoms with van der Waals surface area (Å²) in [5.74, 6) is 1.67. The Morgan fingerprint density at radius 1 is 1.24 bits per heavy atom. The molecule has 0 unspecified atom stereocenters. The van der Waals surface area contributed by atoms with Crippen LogP contribution in [0.25, 0.3) is 0 Å². The van der Waals surface area contributed by atoms with Gasteiger partial charge in [-0.05, 0) is 37.9 Å². The molecule has 0 aromatic carbocycles. The lowest BCUT2D eigenvalue weighted by molar-refractivity contribution is -0.141. The van der Waals surface area contributed by atoms with Crippen LogP contribution in [-0.2, 0) is 17.0 Å². The summed E-state index contributed by atoms with van der Waals surface area (Å²) >= 11 is 0. The summed E-state index contributed by atoms with van der Waals surface area (Å²) in [4.78, 5) is 8.23. The van der Waals surface area contributed by atoms with E-state index >= 15 is 0 Å². The summed E-state index contributed by atoms with van der Waals surface area (Å²) < 4.78 is 49.5. The Morgan fingerprint density at radius 2 is 2.04 bits per heavy atom. The summed E-state index contributed by atoms with van der Waals surface area (Å²) in [5.41, 5.74) is 0.184. The Hall–Kier alpha value is -1.15. The molecule has 8 heteroatoms. The van der Waals surface area contributed by atoms with Crippen LogP contribution in [0, 0.1) is 5.41 Å². The highest BCUT2D eigenvalue weighted by atomic mass is 32.2. The number of anilines is 1. The van der Waals surface area contributed by atoms with E-state index in [0.29, 0.717) is 6.04 Å². The van der Waals surface area contributed by atoms with Gasteiger partial charge in [0.15, 0.2) is 0 Å². The highest BCUT2D eigenvalue weighted by molar-refractivity contribution is 7.86. The zero-order valence-electron chi connectivity index (χ0n) is 14.0. The van der Waals surface area contributed by atoms with Crippen LogP contribution < -0.4 is 4.90 Å². The molecule has 4 nitrogen and oxygen atoms in total. The highest BCUT2D eigenvalue weighted by Crippen LogP contribution is 2.41. The van der Waals surface area contributed by atoms with Crippen LogP contribution in [0.1, 0.15) is 25.0 Å². The second-order valence-electron chi connectivity index (χ2n) is 7.59. The molecule has 1 aromatic heterocycles. The maximum absolute atomic E-state index is 12.7. The van der Waals surface area contributed by atoms with Gasteiger partial charge < -0.3 is 4.90 Å². The normalized spacial score (nSPS) is 33.6. The first-order chi connectivity index (χ1) is 11.8. The lowest BCUT2D eigenvalue weighted by Gasteiger charge is -2.41. The van der Waals surface area contributed by atoms with Crippen LogP contribution in [0.15, 0.2) is 18.3 Å². The Labute approximate surface area is 147 Å². The lowest BCUT2D eigenvalue weighted by Crippen LogP contribution is -2.51. The van der Waals surface area contributed by atoms with E-state index in [1.807, 2.05) is 0 Å². The molecule has 0 amide bonds. The fourth-order valence-corrected chi connectivity index (χ4v) is 6.14. The van der Waals surface area contributed by atoms with E-state index in [2.05, 4.69) is 14.8 Å². The van der Waals surface area contributed by atoms with Crippen molar-refractivity contribution in [3.63, 3.8) is 0 Å². The van der Waals surface area contributed by atoms with Gasteiger partial charge >= 0.3 is 6.18 Å². The van der Waals surface area contributed by atoms with E-state index in [0.717, 1.165) is 68.7 Å². The number of alkyl halides is 3. The molecule has 138 valence electrons. The molecule has 4 rings (SSSR count). The minimum atomic E-state index is -4.39. The molecule has 0 radical (unpaired) electrons. The number of piperidine rings is 1. The first-order valence-electron chi connectivity index (χ1n) is 8.72. The molecule has 1 aromatic rings. The Morgan fingerprint density at radius 3 is 2.68 bits per heavy atom. The molecule has 3 saturated heterocycles. The molecule has 0 N–H and O–H groups in total. The predicted octanol–water partition coefficient (Wildman–Crippen LogP) is 2.52. The fourth-order valence-electron chi connectivity index (χ4n) is 4.39. The molecule has 4 heterocycles. The molecular formula is C17H22F3N3OS. The summed E-state index contributed by atoms with van der Waals surface area (Å²) in [5, 5.41) is 0. The SMILES string of the molecule is O=S1CC2(CCN([C@@H]3CCCN(c4ccc(C(F)(F)F)nc4)C3)C2)C1. The quantitative estimate of drug-likeness (QED) is 0.798. The smallest absolute Gasteiger partial charge is 0.369 e. The standard InChI is InChI=1S/C17H22F3N3OS/c18-17(19,20)15-4-3-13(8-21-15)22-6-1-2-14(9-22)23-7-5-16(10-23)11-25(24)12-16/h3-4,8,14H,1-2,5-7,9-12H2/t14-,16?,25?/m1/s1. The van der Waals surface area contributed by atoms with E-state index in [4.69, 9.17) is 0 Å². The molecular weight excluding hydrogens is 351 g/mol. The third-order valence-electron chi connectivity index (χ3n) is 5.72. The van der Waals surface area contributed by atoms with Gasteiger partial charge in [-0.3, -0.25) is 9.11 Å². The first-order valence-corrected chi connectivity index (χ1v) is 10.2. The lowest BCUT2D eigenvalue weighted by atomic mass is 9.91. The molecule has 0 aliphatic carbocycles. The van der Waals surface area contributed by atoms with E-state index in [-0.39, 0.29) is 5.41 Å². The zero-order valence-corrected chi connectivity index (χ0v) is 14.8. The van der Waals surface area contributed by atoms with Crippen molar-refractivity contribution >= 4 is 16.5 Å². The van der Waals surface area contributed by atoms with Gasteiger partial charge in [-0.25, -0.2) is 4.98 Å². The van der Waals surface area contributed by atoms with Crippen LogP contribution in [0.3, 0.4) is 0 Å². The predicted molar refractivity (Wildman–Crippen MR) is 91.0 cm³/mol. The van der Waals surface area contributed by atoms with E-state index in [1.54, 1.807) is 0 Å². The average Bonchev–Trinajstić information content (AvgIpc) is 2.99. The number of halogens is 3. The van der Waals surface area contributed by atoms with Gasteiger partial charge in [-0.1, -0.05) is 0 Å². The molecule has 25 heavy (non-hydrogen) atoms. The molecule has 3 fully saturated rings. The fraction of sp³-hybridized carbons (Fsp3) is 0.706. The second kappa shape index (κ2) is 6.23. The number of hydrogen-bond donors (Lipinski definition) is 0. The van der Waals surface area contributed by atoms with Gasteiger partial charge in [0.1, 0.15) is 5.69 Å². The number of pyridine rings is 1. The minimum absolute atomic E-state index is 0.267. The zero-order chi connectivity index (χ0) is 17.7. The molecule has 0 bridgehead atoms. The second-order valence-corrected chi connectivity index (χ2v) is 9.05. The van der Waals surface area contributed by atoms with Crippen molar-refractivity contribution in [1.29, 1.82) is 0 Å². The van der Waals surface area contributed by atoms with Crippen LogP contribution in [-0.4, -0.2) is 57.8 Å². The third kappa shape index (κ3) is 3.43. The summed E-state index contributed by atoms with van der Waals surface area (Å²) in [6.45, 7) is 3.74. The largest absolute Gasteiger partial charge is 0.433 e. The van der Waals surface area contributed by atoms with E-state index < -0.39 is 22.7 Å². The number of nitrogens with zero attached hydrogens (tertiary/aromatic N) is 3. The summed E-state index contributed by atoms with van der Waals surface area (Å²) in [6.07, 6.45) is 0.212. The van der Waals surface area contributed by atoms with Crippen LogP contribution >= 0.6 is 0 Å². The number of likely N-dealkylation sites (tertiary alicyclic amines) is 1. The van der Waals surface area contributed by atoms with E-state index in [9.17, 15) is 17.4 Å². The topological polar surface area (TPSA) is 36.4 Å². The van der Waals surface area contributed by atoms with Crippen molar-refractivity contribution in [2.75, 3.05) is 42.6 Å². The highest BCUT2D eigenvalue weighted by Gasteiger charge is 2.48. The average molecular weight is 373 g/mol. The maximum atomic E-state index is 12.7. The minimum Gasteiger partial charge on any atom is -0.369 e. The van der Waals surface area contributed by atoms with Gasteiger partial charge in [0.25, 0.3) is 0 Å². The third-order valence-corrected chi connectivity index (χ3v) is 7.59. The molecule has 1 spiro atoms. The van der Waals surface area contributed by atoms with Crippen molar-refractivity contribution < 1.29 is 17.4 Å². The Balaban J connectivity index is 1.40. The van der Waals surface area contributed by atoms with Gasteiger partial charge in [-0.15, -0.1) is 0 Å². The van der Waals surface area contributed by atoms with Crippen LogP contribution in [0.2, 0.25) is 0 Å². The maximum Gasteiger partial charge on any atom is 0.433 e. The van der Waals surface area contributed by atoms with Crippen molar-refractivity contribution in [3.05, 3.63) is 24.0 Å². The molecule has 0 saturated carbocycles. The monoisotopic (exact) mass is 373 g/mol. The van der Waals surface area contributed by atoms with Crippen molar-refractivity contribution in [2.24, 2.45) is 5.41 Å². The van der Waals surface area contributed by atoms with Crippen molar-refractivity contribution in [2.45, 2.75) is 31.5 Å².